The predicted molar refractivity (Wildman–Crippen MR) is 104 cm³/mol. The van der Waals surface area contributed by atoms with Gasteiger partial charge in [0.2, 0.25) is 0 Å². The first-order valence-electron chi connectivity index (χ1n) is 8.53. The molecule has 1 aromatic carbocycles. The molecule has 8 heteroatoms. The van der Waals surface area contributed by atoms with E-state index in [1.165, 1.54) is 17.0 Å². The maximum absolute atomic E-state index is 13.9. The molecule has 1 aliphatic rings. The molecule has 0 radical (unpaired) electrons. The van der Waals surface area contributed by atoms with E-state index < -0.39 is 41.0 Å². The number of carbonyl (C=O) groups excluding carboxylic acids is 1. The van der Waals surface area contributed by atoms with Crippen molar-refractivity contribution in [2.75, 3.05) is 0 Å². The van der Waals surface area contributed by atoms with Gasteiger partial charge in [0, 0.05) is 5.54 Å². The minimum absolute atomic E-state index is 0. The van der Waals surface area contributed by atoms with Crippen molar-refractivity contribution in [1.29, 1.82) is 0 Å². The van der Waals surface area contributed by atoms with Crippen molar-refractivity contribution >= 4 is 53.2 Å². The number of carboxylic acids is 1. The fourth-order valence-corrected chi connectivity index (χ4v) is 3.56. The second-order valence-electron chi connectivity index (χ2n) is 8.26. The molecule has 2 rings (SSSR count). The number of carbonyl (C=O) groups is 2. The molecule has 0 aliphatic carbocycles. The molecule has 1 fully saturated rings. The summed E-state index contributed by atoms with van der Waals surface area (Å²) in [4.78, 5) is 26.3. The van der Waals surface area contributed by atoms with Crippen LogP contribution in [0.2, 0.25) is 5.02 Å². The van der Waals surface area contributed by atoms with Crippen LogP contribution in [0.5, 0.6) is 0 Å². The zero-order chi connectivity index (χ0) is 19.9. The Kier molecular flexibility index (Phi) is 7.79. The van der Waals surface area contributed by atoms with Crippen LogP contribution in [0.15, 0.2) is 18.2 Å². The van der Waals surface area contributed by atoms with Crippen molar-refractivity contribution in [3.8, 4) is 0 Å². The van der Waals surface area contributed by atoms with Gasteiger partial charge in [-0.2, -0.15) is 0 Å². The number of aliphatic carboxylic acids is 1. The summed E-state index contributed by atoms with van der Waals surface area (Å²) in [5.41, 5.74) is -0.993. The van der Waals surface area contributed by atoms with Gasteiger partial charge in [-0.3, -0.25) is 9.69 Å². The Hall–Kier alpha value is -0.820. The van der Waals surface area contributed by atoms with Gasteiger partial charge in [-0.15, -0.1) is 0 Å². The monoisotopic (exact) mass is 409 g/mol. The zero-order valence-corrected chi connectivity index (χ0v) is 16.4. The summed E-state index contributed by atoms with van der Waals surface area (Å²) in [5.74, 6) is -2.88. The summed E-state index contributed by atoms with van der Waals surface area (Å²) in [6.45, 7) is 9.02. The van der Waals surface area contributed by atoms with Gasteiger partial charge in [0.25, 0.3) is 0 Å². The molecule has 2 atom stereocenters. The van der Waals surface area contributed by atoms with E-state index in [2.05, 4.69) is 0 Å². The molecular formula is C19H26ClFNNaO4. The Morgan fingerprint density at radius 3 is 2.44 bits per heavy atom. The van der Waals surface area contributed by atoms with Gasteiger partial charge in [0.05, 0.1) is 11.1 Å². The molecule has 146 valence electrons. The van der Waals surface area contributed by atoms with Gasteiger partial charge < -0.3 is 9.84 Å². The Morgan fingerprint density at radius 1 is 1.37 bits per heavy atom. The van der Waals surface area contributed by atoms with E-state index in [1.54, 1.807) is 20.8 Å². The van der Waals surface area contributed by atoms with Gasteiger partial charge in [0.1, 0.15) is 17.3 Å². The molecule has 1 heterocycles. The molecule has 27 heavy (non-hydrogen) atoms. The van der Waals surface area contributed by atoms with Crippen LogP contribution in [-0.2, 0) is 9.53 Å². The van der Waals surface area contributed by atoms with E-state index in [0.29, 0.717) is 12.8 Å². The summed E-state index contributed by atoms with van der Waals surface area (Å²) in [5, 5.41) is 9.74. The van der Waals surface area contributed by atoms with Crippen molar-refractivity contribution < 1.29 is 23.8 Å². The quantitative estimate of drug-likeness (QED) is 0.760. The number of halogens is 2. The summed E-state index contributed by atoms with van der Waals surface area (Å²) in [7, 11) is 0. The fourth-order valence-electron chi connectivity index (χ4n) is 3.44. The van der Waals surface area contributed by atoms with Crippen molar-refractivity contribution in [3.63, 3.8) is 0 Å². The Labute approximate surface area is 186 Å². The third-order valence-corrected chi connectivity index (χ3v) is 4.89. The molecule has 1 aromatic rings. The molecular weight excluding hydrogens is 384 g/mol. The number of hydrogen-bond donors (Lipinski definition) is 1. The van der Waals surface area contributed by atoms with Crippen LogP contribution in [0.4, 0.5) is 9.18 Å². The standard InChI is InChI=1S/C19H25ClFNO4.Na.H/c1-18(2,3)26-17(25)22-14(8-9-19(22,4)5)15(16(23)24)11-6-7-12(20)13(21)10-11;;/h6-7,10,14-15H,8-9H2,1-5H3,(H,23,24);;/t14-,15?;;/m0../s1. The van der Waals surface area contributed by atoms with Gasteiger partial charge >= 0.3 is 41.6 Å². The van der Waals surface area contributed by atoms with Crippen LogP contribution in [0, 0.1) is 5.82 Å². The number of carboxylic acid groups (broad SMARTS) is 1. The average molecular weight is 410 g/mol. The Bertz CT molecular complexity index is 720. The van der Waals surface area contributed by atoms with Crippen LogP contribution in [0.25, 0.3) is 0 Å². The van der Waals surface area contributed by atoms with Crippen molar-refractivity contribution in [1.82, 2.24) is 4.90 Å². The summed E-state index contributed by atoms with van der Waals surface area (Å²) in [6, 6.07) is 3.31. The van der Waals surface area contributed by atoms with Crippen LogP contribution in [0.1, 0.15) is 58.9 Å². The molecule has 1 N–H and O–H groups in total. The van der Waals surface area contributed by atoms with Gasteiger partial charge in [-0.05, 0) is 65.2 Å². The number of likely N-dealkylation sites (tertiary alicyclic amines) is 1. The van der Waals surface area contributed by atoms with E-state index in [4.69, 9.17) is 16.3 Å². The summed E-state index contributed by atoms with van der Waals surface area (Å²) < 4.78 is 19.4. The third kappa shape index (κ3) is 5.59. The van der Waals surface area contributed by atoms with Gasteiger partial charge in [-0.1, -0.05) is 17.7 Å². The van der Waals surface area contributed by atoms with E-state index in [1.807, 2.05) is 13.8 Å². The molecule has 5 nitrogen and oxygen atoms in total. The summed E-state index contributed by atoms with van der Waals surface area (Å²) >= 11 is 5.71. The predicted octanol–water partition coefficient (Wildman–Crippen LogP) is 4.18. The zero-order valence-electron chi connectivity index (χ0n) is 15.7. The molecule has 0 aromatic heterocycles. The Morgan fingerprint density at radius 2 is 1.96 bits per heavy atom. The first-order valence-corrected chi connectivity index (χ1v) is 8.91. The van der Waals surface area contributed by atoms with Crippen molar-refractivity contribution in [3.05, 3.63) is 34.6 Å². The van der Waals surface area contributed by atoms with Crippen LogP contribution < -0.4 is 0 Å². The second-order valence-corrected chi connectivity index (χ2v) is 8.67. The van der Waals surface area contributed by atoms with Gasteiger partial charge in [-0.25, -0.2) is 9.18 Å². The number of hydrogen-bond acceptors (Lipinski definition) is 3. The van der Waals surface area contributed by atoms with Crippen molar-refractivity contribution in [2.45, 2.75) is 70.6 Å². The topological polar surface area (TPSA) is 66.8 Å². The SMILES string of the molecule is CC(C)(C)OC(=O)N1[C@H](C(C(=O)O)c2ccc(Cl)c(F)c2)CCC1(C)C.[NaH]. The molecule has 1 aliphatic heterocycles. The Balaban J connectivity index is 0.00000364. The number of amides is 1. The first kappa shape index (κ1) is 24.2. The average Bonchev–Trinajstić information content (AvgIpc) is 2.76. The van der Waals surface area contributed by atoms with Gasteiger partial charge in [0.15, 0.2) is 0 Å². The summed E-state index contributed by atoms with van der Waals surface area (Å²) in [6.07, 6.45) is 0.537. The molecule has 1 amide bonds. The molecule has 1 saturated heterocycles. The van der Waals surface area contributed by atoms with Crippen LogP contribution in [-0.4, -0.2) is 68.8 Å². The molecule has 0 bridgehead atoms. The van der Waals surface area contributed by atoms with E-state index in [-0.39, 0.29) is 40.1 Å². The minimum atomic E-state index is -1.12. The molecule has 1 unspecified atom stereocenters. The number of rotatable bonds is 3. The molecule has 0 spiro atoms. The van der Waals surface area contributed by atoms with Crippen molar-refractivity contribution in [2.24, 2.45) is 0 Å². The normalized spacial score (nSPS) is 20.0. The third-order valence-electron chi connectivity index (χ3n) is 4.58. The first-order chi connectivity index (χ1) is 11.8. The molecule has 0 saturated carbocycles. The number of benzene rings is 1. The van der Waals surface area contributed by atoms with Crippen LogP contribution in [0.3, 0.4) is 0 Å². The fraction of sp³-hybridized carbons (Fsp3) is 0.579. The maximum atomic E-state index is 13.9. The number of ether oxygens (including phenoxy) is 1. The van der Waals surface area contributed by atoms with E-state index in [9.17, 15) is 19.1 Å². The van der Waals surface area contributed by atoms with Crippen LogP contribution >= 0.6 is 11.6 Å². The number of nitrogens with zero attached hydrogens (tertiary/aromatic N) is 1. The van der Waals surface area contributed by atoms with E-state index >= 15 is 0 Å². The second kappa shape index (κ2) is 8.68. The van der Waals surface area contributed by atoms with E-state index in [0.717, 1.165) is 6.07 Å².